The van der Waals surface area contributed by atoms with Gasteiger partial charge in [-0.3, -0.25) is 9.59 Å². The number of benzene rings is 2. The van der Waals surface area contributed by atoms with E-state index in [2.05, 4.69) is 0 Å². The number of esters is 1. The molecule has 7 nitrogen and oxygen atoms in total. The summed E-state index contributed by atoms with van der Waals surface area (Å²) < 4.78 is 33.4. The molecule has 0 unspecified atom stereocenters. The van der Waals surface area contributed by atoms with Crippen LogP contribution in [0.15, 0.2) is 53.4 Å². The summed E-state index contributed by atoms with van der Waals surface area (Å²) in [4.78, 5) is 40.7. The van der Waals surface area contributed by atoms with Gasteiger partial charge in [-0.25, -0.2) is 17.5 Å². The summed E-state index contributed by atoms with van der Waals surface area (Å²) in [6, 6.07) is 13.2. The van der Waals surface area contributed by atoms with Gasteiger partial charge in [0.2, 0.25) is 5.91 Å². The highest BCUT2D eigenvalue weighted by Gasteiger charge is 2.70. The van der Waals surface area contributed by atoms with E-state index in [0.29, 0.717) is 9.87 Å². The van der Waals surface area contributed by atoms with Crippen LogP contribution in [0.1, 0.15) is 61.5 Å². The van der Waals surface area contributed by atoms with Crippen LogP contribution in [-0.4, -0.2) is 37.0 Å². The van der Waals surface area contributed by atoms with Crippen molar-refractivity contribution in [3.8, 4) is 0 Å². The van der Waals surface area contributed by atoms with Gasteiger partial charge in [-0.15, -0.1) is 0 Å². The standard InChI is InChI=1S/C25H27NO6S/c1-5-32-24(29)25-19-14-18(15(2)3)11-12-21(19)33(30,31)26(25)23(28)16(4)13-20(25)22(27)17-9-7-6-8-10-17/h6-12,14-16,20H,5,13H2,1-4H3/t16-,20-,25-/m1/s1. The first-order valence-corrected chi connectivity index (χ1v) is 12.5. The maximum absolute atomic E-state index is 13.8. The molecule has 0 bridgehead atoms. The third kappa shape index (κ3) is 3.22. The van der Waals surface area contributed by atoms with Crippen LogP contribution in [0.25, 0.3) is 0 Å². The minimum Gasteiger partial charge on any atom is -0.464 e. The quantitative estimate of drug-likeness (QED) is 0.490. The van der Waals surface area contributed by atoms with E-state index in [9.17, 15) is 22.8 Å². The molecule has 1 amide bonds. The van der Waals surface area contributed by atoms with Crippen LogP contribution < -0.4 is 0 Å². The van der Waals surface area contributed by atoms with Crippen LogP contribution in [0, 0.1) is 11.8 Å². The molecule has 0 spiro atoms. The second-order valence-electron chi connectivity index (χ2n) is 8.92. The number of ketones is 1. The summed E-state index contributed by atoms with van der Waals surface area (Å²) >= 11 is 0. The summed E-state index contributed by atoms with van der Waals surface area (Å²) in [6.07, 6.45) is 0.0305. The Morgan fingerprint density at radius 2 is 1.82 bits per heavy atom. The summed E-state index contributed by atoms with van der Waals surface area (Å²) in [5.74, 6) is -3.85. The highest BCUT2D eigenvalue weighted by atomic mass is 32.2. The molecule has 1 saturated heterocycles. The number of ether oxygens (including phenoxy) is 1. The van der Waals surface area contributed by atoms with Gasteiger partial charge in [0.05, 0.1) is 17.4 Å². The van der Waals surface area contributed by atoms with E-state index < -0.39 is 45.1 Å². The highest BCUT2D eigenvalue weighted by Crippen LogP contribution is 2.55. The molecule has 0 N–H and O–H groups in total. The van der Waals surface area contributed by atoms with Crippen LogP contribution in [0.5, 0.6) is 0 Å². The average molecular weight is 470 g/mol. The normalized spacial score (nSPS) is 25.5. The van der Waals surface area contributed by atoms with E-state index in [1.54, 1.807) is 56.3 Å². The number of fused-ring (bicyclic) bond motifs is 3. The monoisotopic (exact) mass is 469 g/mol. The third-order valence-electron chi connectivity index (χ3n) is 6.60. The molecule has 2 heterocycles. The molecular weight excluding hydrogens is 442 g/mol. The van der Waals surface area contributed by atoms with Crippen LogP contribution in [0.2, 0.25) is 0 Å². The molecule has 0 radical (unpaired) electrons. The lowest BCUT2D eigenvalue weighted by Crippen LogP contribution is -2.64. The molecular formula is C25H27NO6S. The van der Waals surface area contributed by atoms with E-state index in [1.807, 2.05) is 13.8 Å². The smallest absolute Gasteiger partial charge is 0.338 e. The molecule has 2 aliphatic heterocycles. The lowest BCUT2D eigenvalue weighted by molar-refractivity contribution is -0.167. The number of hydrogen-bond donors (Lipinski definition) is 0. The van der Waals surface area contributed by atoms with Gasteiger partial charge in [0.25, 0.3) is 10.0 Å². The van der Waals surface area contributed by atoms with Crippen LogP contribution >= 0.6 is 0 Å². The molecule has 4 rings (SSSR count). The molecule has 3 atom stereocenters. The molecule has 0 aromatic heterocycles. The van der Waals surface area contributed by atoms with Crippen molar-refractivity contribution in [1.29, 1.82) is 0 Å². The zero-order valence-corrected chi connectivity index (χ0v) is 19.9. The van der Waals surface area contributed by atoms with E-state index in [1.165, 1.54) is 6.07 Å². The number of rotatable bonds is 5. The third-order valence-corrected chi connectivity index (χ3v) is 8.46. The van der Waals surface area contributed by atoms with Gasteiger partial charge in [-0.05, 0) is 30.9 Å². The maximum Gasteiger partial charge on any atom is 0.338 e. The Morgan fingerprint density at radius 3 is 2.42 bits per heavy atom. The summed E-state index contributed by atoms with van der Waals surface area (Å²) in [7, 11) is -4.37. The topological polar surface area (TPSA) is 97.8 Å². The van der Waals surface area contributed by atoms with Crippen molar-refractivity contribution in [2.24, 2.45) is 11.8 Å². The van der Waals surface area contributed by atoms with Crippen molar-refractivity contribution in [3.63, 3.8) is 0 Å². The Hall–Kier alpha value is -3.00. The lowest BCUT2D eigenvalue weighted by Gasteiger charge is -2.45. The van der Waals surface area contributed by atoms with Gasteiger partial charge in [-0.1, -0.05) is 63.2 Å². The van der Waals surface area contributed by atoms with Crippen LogP contribution in [0.4, 0.5) is 0 Å². The SMILES string of the molecule is CCOC(=O)[C@]12c3cc(C(C)C)ccc3S(=O)(=O)N1C(=O)[C@H](C)C[C@@H]2C(=O)c1ccccc1. The zero-order chi connectivity index (χ0) is 24.1. The molecule has 0 aliphatic carbocycles. The van der Waals surface area contributed by atoms with Crippen molar-refractivity contribution in [1.82, 2.24) is 4.31 Å². The number of carbonyl (C=O) groups excluding carboxylic acids is 3. The van der Waals surface area contributed by atoms with Gasteiger partial charge in [0.15, 0.2) is 11.3 Å². The zero-order valence-electron chi connectivity index (χ0n) is 19.1. The second-order valence-corrected chi connectivity index (χ2v) is 10.7. The first kappa shape index (κ1) is 23.2. The van der Waals surface area contributed by atoms with E-state index in [4.69, 9.17) is 4.74 Å². The van der Waals surface area contributed by atoms with Crippen LogP contribution in [0.3, 0.4) is 0 Å². The average Bonchev–Trinajstić information content (AvgIpc) is 3.01. The van der Waals surface area contributed by atoms with Crippen molar-refractivity contribution >= 4 is 27.7 Å². The Balaban J connectivity index is 2.09. The first-order chi connectivity index (χ1) is 15.6. The highest BCUT2D eigenvalue weighted by molar-refractivity contribution is 7.90. The maximum atomic E-state index is 13.8. The number of nitrogens with zero attached hydrogens (tertiary/aromatic N) is 1. The number of sulfonamides is 1. The minimum atomic E-state index is -4.37. The Morgan fingerprint density at radius 1 is 1.15 bits per heavy atom. The van der Waals surface area contributed by atoms with Crippen molar-refractivity contribution < 1.29 is 27.5 Å². The second kappa shape index (κ2) is 8.09. The number of hydrogen-bond acceptors (Lipinski definition) is 6. The molecule has 33 heavy (non-hydrogen) atoms. The van der Waals surface area contributed by atoms with Gasteiger partial charge in [0.1, 0.15) is 0 Å². The Labute approximate surface area is 193 Å². The van der Waals surface area contributed by atoms with Gasteiger partial charge < -0.3 is 4.74 Å². The van der Waals surface area contributed by atoms with Crippen molar-refractivity contribution in [2.45, 2.75) is 50.5 Å². The summed E-state index contributed by atoms with van der Waals surface area (Å²) in [6.45, 7) is 7.06. The Kier molecular flexibility index (Phi) is 5.68. The fraction of sp³-hybridized carbons (Fsp3) is 0.400. The van der Waals surface area contributed by atoms with Gasteiger partial charge in [0, 0.05) is 17.0 Å². The minimum absolute atomic E-state index is 0.0241. The van der Waals surface area contributed by atoms with Gasteiger partial charge >= 0.3 is 5.97 Å². The summed E-state index contributed by atoms with van der Waals surface area (Å²) in [5.41, 5.74) is -0.794. The number of Topliss-reactive ketones (excluding diaryl/α,β-unsaturated/α-hetero) is 1. The molecule has 8 heteroatoms. The number of amides is 1. The number of piperidine rings is 1. The predicted octanol–water partition coefficient (Wildman–Crippen LogP) is 3.64. The van der Waals surface area contributed by atoms with E-state index in [0.717, 1.165) is 5.56 Å². The van der Waals surface area contributed by atoms with Crippen molar-refractivity contribution in [2.75, 3.05) is 6.61 Å². The van der Waals surface area contributed by atoms with E-state index >= 15 is 0 Å². The molecule has 2 aromatic carbocycles. The predicted molar refractivity (Wildman–Crippen MR) is 121 cm³/mol. The molecule has 2 aliphatic rings. The van der Waals surface area contributed by atoms with E-state index in [-0.39, 0.29) is 29.4 Å². The van der Waals surface area contributed by atoms with Gasteiger partial charge in [-0.2, -0.15) is 0 Å². The Bertz CT molecular complexity index is 1240. The molecule has 0 saturated carbocycles. The molecule has 174 valence electrons. The molecule has 1 fully saturated rings. The lowest BCUT2D eigenvalue weighted by atomic mass is 9.67. The first-order valence-electron chi connectivity index (χ1n) is 11.1. The summed E-state index contributed by atoms with van der Waals surface area (Å²) in [5, 5.41) is 0. The largest absolute Gasteiger partial charge is 0.464 e. The fourth-order valence-corrected chi connectivity index (χ4v) is 6.98. The van der Waals surface area contributed by atoms with Crippen LogP contribution in [-0.2, 0) is 29.9 Å². The molecule has 2 aromatic rings. The fourth-order valence-electron chi connectivity index (χ4n) is 4.95. The van der Waals surface area contributed by atoms with Crippen molar-refractivity contribution in [3.05, 3.63) is 65.2 Å². The number of carbonyl (C=O) groups is 3.